The van der Waals surface area contributed by atoms with Gasteiger partial charge in [0, 0.05) is 18.0 Å². The van der Waals surface area contributed by atoms with E-state index in [1.165, 1.54) is 23.7 Å². The molecule has 0 bridgehead atoms. The molecule has 0 aliphatic carbocycles. The summed E-state index contributed by atoms with van der Waals surface area (Å²) >= 11 is 0. The molecule has 3 aromatic carbocycles. The van der Waals surface area contributed by atoms with E-state index in [-0.39, 0.29) is 11.4 Å². The summed E-state index contributed by atoms with van der Waals surface area (Å²) in [5.74, 6) is -1.24. The molecule has 4 rings (SSSR count). The van der Waals surface area contributed by atoms with Crippen LogP contribution in [0.4, 0.5) is 10.5 Å². The molecule has 0 spiro atoms. The second-order valence-corrected chi connectivity index (χ2v) is 7.47. The third-order valence-electron chi connectivity index (χ3n) is 5.47. The molecule has 1 aromatic heterocycles. The Morgan fingerprint density at radius 1 is 0.970 bits per heavy atom. The lowest BCUT2D eigenvalue weighted by Gasteiger charge is -2.09. The molecular weight excluding hydrogens is 418 g/mol. The van der Waals surface area contributed by atoms with Gasteiger partial charge in [-0.3, -0.25) is 0 Å². The molecule has 1 amide bonds. The van der Waals surface area contributed by atoms with Crippen LogP contribution in [0.15, 0.2) is 77.8 Å². The number of hydrogen-bond donors (Lipinski definition) is 3. The van der Waals surface area contributed by atoms with Crippen LogP contribution in [-0.4, -0.2) is 39.5 Å². The van der Waals surface area contributed by atoms with Crippen molar-refractivity contribution in [3.63, 3.8) is 0 Å². The second kappa shape index (κ2) is 9.00. The van der Waals surface area contributed by atoms with Crippen molar-refractivity contribution in [3.8, 4) is 5.88 Å². The van der Waals surface area contributed by atoms with Gasteiger partial charge in [0.15, 0.2) is 0 Å². The van der Waals surface area contributed by atoms with Crippen LogP contribution in [-0.2, 0) is 6.42 Å². The Balaban J connectivity index is 2.02. The van der Waals surface area contributed by atoms with Gasteiger partial charge >= 0.3 is 12.0 Å². The van der Waals surface area contributed by atoms with Gasteiger partial charge in [-0.1, -0.05) is 49.4 Å². The van der Waals surface area contributed by atoms with E-state index in [4.69, 9.17) is 4.99 Å². The lowest BCUT2D eigenvalue weighted by Crippen LogP contribution is -2.24. The van der Waals surface area contributed by atoms with Crippen molar-refractivity contribution >= 4 is 34.3 Å². The summed E-state index contributed by atoms with van der Waals surface area (Å²) in [6, 6.07) is 20.8. The molecule has 3 N–H and O–H groups in total. The third kappa shape index (κ3) is 4.08. The second-order valence-electron chi connectivity index (χ2n) is 7.47. The van der Waals surface area contributed by atoms with Gasteiger partial charge in [0.2, 0.25) is 5.88 Å². The molecule has 0 unspecified atom stereocenters. The van der Waals surface area contributed by atoms with Crippen molar-refractivity contribution in [3.05, 3.63) is 95.1 Å². The first-order valence-corrected chi connectivity index (χ1v) is 10.5. The lowest BCUT2D eigenvalue weighted by molar-refractivity contribution is 0.0697. The summed E-state index contributed by atoms with van der Waals surface area (Å²) in [4.78, 5) is 28.7. The van der Waals surface area contributed by atoms with Gasteiger partial charge in [0.05, 0.1) is 28.0 Å². The predicted molar refractivity (Wildman–Crippen MR) is 128 cm³/mol. The average Bonchev–Trinajstić information content (AvgIpc) is 3.13. The quantitative estimate of drug-likeness (QED) is 0.381. The first-order valence-electron chi connectivity index (χ1n) is 10.5. The maximum absolute atomic E-state index is 12.7. The Morgan fingerprint density at radius 2 is 1.67 bits per heavy atom. The highest BCUT2D eigenvalue weighted by Crippen LogP contribution is 2.35. The fourth-order valence-electron chi connectivity index (χ4n) is 3.76. The van der Waals surface area contributed by atoms with Gasteiger partial charge in [-0.2, -0.15) is 0 Å². The first kappa shape index (κ1) is 21.8. The normalized spacial score (nSPS) is 11.5. The van der Waals surface area contributed by atoms with Crippen LogP contribution < -0.4 is 5.32 Å². The minimum Gasteiger partial charge on any atom is -0.494 e. The molecule has 1 heterocycles. The summed E-state index contributed by atoms with van der Waals surface area (Å²) < 4.78 is 1.25. The third-order valence-corrected chi connectivity index (χ3v) is 5.47. The van der Waals surface area contributed by atoms with Crippen molar-refractivity contribution in [2.24, 2.45) is 4.99 Å². The van der Waals surface area contributed by atoms with Crippen molar-refractivity contribution in [1.82, 2.24) is 9.88 Å². The van der Waals surface area contributed by atoms with Crippen LogP contribution in [0.2, 0.25) is 0 Å². The average molecular weight is 441 g/mol. The summed E-state index contributed by atoms with van der Waals surface area (Å²) in [7, 11) is 1.51. The smallest absolute Gasteiger partial charge is 0.335 e. The number of nitrogens with one attached hydrogen (secondary N) is 1. The van der Waals surface area contributed by atoms with Gasteiger partial charge in [-0.25, -0.2) is 19.1 Å². The number of hydrogen-bond acceptors (Lipinski definition) is 4. The summed E-state index contributed by atoms with van der Waals surface area (Å²) in [6.45, 7) is 2.02. The van der Waals surface area contributed by atoms with Crippen molar-refractivity contribution in [1.29, 1.82) is 0 Å². The molecule has 33 heavy (non-hydrogen) atoms. The number of rotatable bonds is 5. The molecule has 7 nitrogen and oxygen atoms in total. The van der Waals surface area contributed by atoms with E-state index < -0.39 is 12.0 Å². The molecule has 0 saturated carbocycles. The largest absolute Gasteiger partial charge is 0.494 e. The highest BCUT2D eigenvalue weighted by Gasteiger charge is 2.25. The number of fused-ring (bicyclic) bond motifs is 1. The van der Waals surface area contributed by atoms with Gasteiger partial charge in [0.25, 0.3) is 0 Å². The van der Waals surface area contributed by atoms with E-state index in [9.17, 15) is 19.8 Å². The van der Waals surface area contributed by atoms with Crippen LogP contribution in [0.25, 0.3) is 10.9 Å². The van der Waals surface area contributed by atoms with Gasteiger partial charge in [0.1, 0.15) is 0 Å². The molecule has 4 aromatic rings. The van der Waals surface area contributed by atoms with Crippen LogP contribution in [0, 0.1) is 0 Å². The minimum absolute atomic E-state index is 0.154. The molecule has 0 aliphatic heterocycles. The lowest BCUT2D eigenvalue weighted by atomic mass is 10.00. The molecule has 0 saturated heterocycles. The molecule has 7 heteroatoms. The number of aromatic carboxylic acids is 1. The van der Waals surface area contributed by atoms with Crippen LogP contribution in [0.5, 0.6) is 5.88 Å². The van der Waals surface area contributed by atoms with Crippen LogP contribution >= 0.6 is 0 Å². The van der Waals surface area contributed by atoms with Gasteiger partial charge in [-0.05, 0) is 42.3 Å². The van der Waals surface area contributed by atoms with E-state index in [0.717, 1.165) is 17.5 Å². The molecule has 0 fully saturated rings. The van der Waals surface area contributed by atoms with E-state index in [0.29, 0.717) is 27.9 Å². The number of nitrogens with zero attached hydrogens (tertiary/aromatic N) is 2. The maximum Gasteiger partial charge on any atom is 0.335 e. The van der Waals surface area contributed by atoms with Crippen LogP contribution in [0.1, 0.15) is 34.0 Å². The highest BCUT2D eigenvalue weighted by molar-refractivity contribution is 6.23. The van der Waals surface area contributed by atoms with Crippen molar-refractivity contribution < 1.29 is 19.8 Å². The number of aromatic nitrogens is 1. The van der Waals surface area contributed by atoms with E-state index in [1.54, 1.807) is 12.1 Å². The van der Waals surface area contributed by atoms with Gasteiger partial charge < -0.3 is 15.5 Å². The zero-order valence-electron chi connectivity index (χ0n) is 18.2. The number of aryl methyl sites for hydroxylation is 1. The number of carbonyl (C=O) groups excluding carboxylic acids is 1. The first-order chi connectivity index (χ1) is 15.9. The molecule has 0 aliphatic rings. The zero-order valence-corrected chi connectivity index (χ0v) is 18.2. The number of amides is 1. The molecular formula is C26H23N3O4. The number of carboxylic acids is 1. The summed E-state index contributed by atoms with van der Waals surface area (Å²) in [6.07, 6.45) is 0.778. The van der Waals surface area contributed by atoms with Crippen LogP contribution in [0.3, 0.4) is 0 Å². The Morgan fingerprint density at radius 3 is 2.27 bits per heavy atom. The topological polar surface area (TPSA) is 104 Å². The Kier molecular flexibility index (Phi) is 5.95. The van der Waals surface area contributed by atoms with Crippen molar-refractivity contribution in [2.45, 2.75) is 13.3 Å². The Labute approximate surface area is 190 Å². The number of benzene rings is 3. The predicted octanol–water partition coefficient (Wildman–Crippen LogP) is 4.96. The van der Waals surface area contributed by atoms with E-state index in [2.05, 4.69) is 5.32 Å². The monoisotopic (exact) mass is 441 g/mol. The van der Waals surface area contributed by atoms with E-state index >= 15 is 0 Å². The van der Waals surface area contributed by atoms with E-state index in [1.807, 2.05) is 55.5 Å². The SMILES string of the molecule is CCc1ccc2c(C(=Nc3ccc(C(=O)O)cc3)c3ccccc3)c(O)n(C(=O)NC)c2c1. The number of carbonyl (C=O) groups is 2. The number of aromatic hydroxyl groups is 1. The fraction of sp³-hybridized carbons (Fsp3) is 0.115. The molecule has 0 radical (unpaired) electrons. The standard InChI is InChI=1S/C26H23N3O4/c1-3-16-9-14-20-21(15-16)29(26(33)27-2)24(30)22(20)23(17-7-5-4-6-8-17)28-19-12-10-18(11-13-19)25(31)32/h4-15,30H,3H2,1-2H3,(H,27,33)(H,31,32). The van der Waals surface area contributed by atoms with Gasteiger partial charge in [-0.15, -0.1) is 0 Å². The minimum atomic E-state index is -1.02. The summed E-state index contributed by atoms with van der Waals surface area (Å²) in [5, 5.41) is 23.7. The fourth-order valence-corrected chi connectivity index (χ4v) is 3.76. The Bertz CT molecular complexity index is 1370. The number of aliphatic imine (C=N–C) groups is 1. The Hall–Kier alpha value is -4.39. The maximum atomic E-state index is 12.7. The van der Waals surface area contributed by atoms with Crippen molar-refractivity contribution in [2.75, 3.05) is 7.05 Å². The molecule has 0 atom stereocenters. The number of carboxylic acid groups (broad SMARTS) is 1. The zero-order chi connectivity index (χ0) is 23.5. The molecule has 166 valence electrons. The highest BCUT2D eigenvalue weighted by atomic mass is 16.4. The summed E-state index contributed by atoms with van der Waals surface area (Å²) in [5.41, 5.74) is 3.90.